The van der Waals surface area contributed by atoms with Gasteiger partial charge in [-0.15, -0.1) is 0 Å². The number of aryl methyl sites for hydroxylation is 1. The van der Waals surface area contributed by atoms with Crippen LogP contribution < -0.4 is 16.0 Å². The molecule has 2 aromatic carbocycles. The molecule has 24 heavy (non-hydrogen) atoms. The lowest BCUT2D eigenvalue weighted by molar-refractivity contribution is 0.102. The molecule has 1 fully saturated rings. The van der Waals surface area contributed by atoms with E-state index in [0.717, 1.165) is 24.0 Å². The molecule has 0 aromatic heterocycles. The molecule has 3 rings (SSSR count). The minimum Gasteiger partial charge on any atom is -0.335 e. The monoisotopic (exact) mass is 323 g/mol. The summed E-state index contributed by atoms with van der Waals surface area (Å²) in [4.78, 5) is 24.3. The van der Waals surface area contributed by atoms with Gasteiger partial charge in [-0.2, -0.15) is 0 Å². The molecule has 0 aliphatic heterocycles. The quantitative estimate of drug-likeness (QED) is 0.800. The van der Waals surface area contributed by atoms with Gasteiger partial charge in [0.05, 0.1) is 0 Å². The van der Waals surface area contributed by atoms with E-state index in [9.17, 15) is 9.59 Å². The van der Waals surface area contributed by atoms with Crippen molar-refractivity contribution in [2.75, 3.05) is 10.6 Å². The maximum Gasteiger partial charge on any atom is 0.319 e. The third-order valence-electron chi connectivity index (χ3n) is 4.14. The van der Waals surface area contributed by atoms with Crippen molar-refractivity contribution >= 4 is 23.3 Å². The molecule has 1 saturated carbocycles. The standard InChI is InChI=1S/C19H21N3O2/c1-12-5-3-8-17(13(12)2)18(23)20-15-6-4-7-16(11-15)22-19(24)21-14-9-10-14/h3-8,11,14H,9-10H2,1-2H3,(H,20,23)(H2,21,22,24). The molecular weight excluding hydrogens is 302 g/mol. The number of amides is 3. The molecule has 1 aliphatic rings. The first kappa shape index (κ1) is 16.1. The maximum atomic E-state index is 12.5. The smallest absolute Gasteiger partial charge is 0.319 e. The predicted molar refractivity (Wildman–Crippen MR) is 95.5 cm³/mol. The lowest BCUT2D eigenvalue weighted by Crippen LogP contribution is -2.30. The highest BCUT2D eigenvalue weighted by Gasteiger charge is 2.23. The minimum absolute atomic E-state index is 0.157. The number of carbonyl (C=O) groups is 2. The average Bonchev–Trinajstić information content (AvgIpc) is 3.34. The van der Waals surface area contributed by atoms with Crippen LogP contribution in [0.25, 0.3) is 0 Å². The van der Waals surface area contributed by atoms with Gasteiger partial charge in [0, 0.05) is 23.0 Å². The van der Waals surface area contributed by atoms with Gasteiger partial charge in [-0.3, -0.25) is 4.79 Å². The summed E-state index contributed by atoms with van der Waals surface area (Å²) in [5.41, 5.74) is 3.99. The van der Waals surface area contributed by atoms with Gasteiger partial charge in [0.1, 0.15) is 0 Å². The Morgan fingerprint density at radius 2 is 1.62 bits per heavy atom. The first-order valence-electron chi connectivity index (χ1n) is 8.08. The van der Waals surface area contributed by atoms with Crippen LogP contribution in [0.3, 0.4) is 0 Å². The van der Waals surface area contributed by atoms with E-state index >= 15 is 0 Å². The topological polar surface area (TPSA) is 70.2 Å². The molecule has 3 amide bonds. The fraction of sp³-hybridized carbons (Fsp3) is 0.263. The van der Waals surface area contributed by atoms with E-state index in [-0.39, 0.29) is 11.9 Å². The van der Waals surface area contributed by atoms with Crippen molar-refractivity contribution in [1.29, 1.82) is 0 Å². The Hall–Kier alpha value is -2.82. The number of nitrogens with one attached hydrogen (secondary N) is 3. The molecule has 0 unspecified atom stereocenters. The first-order chi connectivity index (χ1) is 11.5. The molecule has 0 saturated heterocycles. The number of urea groups is 1. The van der Waals surface area contributed by atoms with Crippen LogP contribution in [0.5, 0.6) is 0 Å². The Morgan fingerprint density at radius 3 is 2.33 bits per heavy atom. The normalized spacial score (nSPS) is 13.2. The van der Waals surface area contributed by atoms with Crippen molar-refractivity contribution in [2.45, 2.75) is 32.7 Å². The molecule has 2 aromatic rings. The van der Waals surface area contributed by atoms with E-state index in [1.807, 2.05) is 32.0 Å². The molecule has 0 atom stereocenters. The Bertz CT molecular complexity index is 782. The molecule has 0 radical (unpaired) electrons. The van der Waals surface area contributed by atoms with Crippen LogP contribution in [0.1, 0.15) is 34.3 Å². The van der Waals surface area contributed by atoms with Crippen LogP contribution in [0.15, 0.2) is 42.5 Å². The molecule has 0 heterocycles. The second-order valence-electron chi connectivity index (χ2n) is 6.16. The maximum absolute atomic E-state index is 12.5. The predicted octanol–water partition coefficient (Wildman–Crippen LogP) is 3.84. The number of hydrogen-bond donors (Lipinski definition) is 3. The zero-order valence-corrected chi connectivity index (χ0v) is 13.8. The van der Waals surface area contributed by atoms with Crippen molar-refractivity contribution < 1.29 is 9.59 Å². The molecule has 0 spiro atoms. The minimum atomic E-state index is -0.212. The van der Waals surface area contributed by atoms with Crippen molar-refractivity contribution in [1.82, 2.24) is 5.32 Å². The van der Waals surface area contributed by atoms with Gasteiger partial charge in [-0.05, 0) is 62.1 Å². The van der Waals surface area contributed by atoms with Crippen LogP contribution in [0.4, 0.5) is 16.2 Å². The van der Waals surface area contributed by atoms with Gasteiger partial charge in [0.25, 0.3) is 5.91 Å². The zero-order valence-electron chi connectivity index (χ0n) is 13.8. The van der Waals surface area contributed by atoms with E-state index in [1.165, 1.54) is 0 Å². The average molecular weight is 323 g/mol. The van der Waals surface area contributed by atoms with Crippen molar-refractivity contribution in [3.05, 3.63) is 59.2 Å². The fourth-order valence-electron chi connectivity index (χ4n) is 2.45. The highest BCUT2D eigenvalue weighted by molar-refractivity contribution is 6.05. The molecule has 124 valence electrons. The lowest BCUT2D eigenvalue weighted by atomic mass is 10.0. The van der Waals surface area contributed by atoms with Crippen molar-refractivity contribution in [3.63, 3.8) is 0 Å². The second-order valence-corrected chi connectivity index (χ2v) is 6.16. The third-order valence-corrected chi connectivity index (χ3v) is 4.14. The summed E-state index contributed by atoms with van der Waals surface area (Å²) in [7, 11) is 0. The van der Waals surface area contributed by atoms with E-state index in [2.05, 4.69) is 16.0 Å². The largest absolute Gasteiger partial charge is 0.335 e. The molecule has 5 heteroatoms. The van der Waals surface area contributed by atoms with Crippen LogP contribution in [-0.4, -0.2) is 18.0 Å². The van der Waals surface area contributed by atoms with Gasteiger partial charge in [-0.25, -0.2) is 4.79 Å². The fourth-order valence-corrected chi connectivity index (χ4v) is 2.45. The van der Waals surface area contributed by atoms with Gasteiger partial charge in [0.15, 0.2) is 0 Å². The number of anilines is 2. The summed E-state index contributed by atoms with van der Waals surface area (Å²) in [5.74, 6) is -0.157. The van der Waals surface area contributed by atoms with Crippen LogP contribution >= 0.6 is 0 Å². The molecule has 3 N–H and O–H groups in total. The van der Waals surface area contributed by atoms with Gasteiger partial charge >= 0.3 is 6.03 Å². The van der Waals surface area contributed by atoms with E-state index in [1.54, 1.807) is 24.3 Å². The Labute approximate surface area is 141 Å². The Kier molecular flexibility index (Phi) is 4.51. The Balaban J connectivity index is 1.68. The summed E-state index contributed by atoms with van der Waals surface area (Å²) in [5, 5.41) is 8.53. The summed E-state index contributed by atoms with van der Waals surface area (Å²) in [6.07, 6.45) is 2.08. The van der Waals surface area contributed by atoms with Crippen LogP contribution in [0, 0.1) is 13.8 Å². The van der Waals surface area contributed by atoms with Crippen molar-refractivity contribution in [2.24, 2.45) is 0 Å². The third kappa shape index (κ3) is 3.93. The lowest BCUT2D eigenvalue weighted by Gasteiger charge is -2.11. The number of carbonyl (C=O) groups excluding carboxylic acids is 2. The van der Waals surface area contributed by atoms with E-state index < -0.39 is 0 Å². The second kappa shape index (κ2) is 6.74. The van der Waals surface area contributed by atoms with Crippen LogP contribution in [-0.2, 0) is 0 Å². The molecule has 1 aliphatic carbocycles. The van der Waals surface area contributed by atoms with Gasteiger partial charge < -0.3 is 16.0 Å². The Morgan fingerprint density at radius 1 is 0.958 bits per heavy atom. The summed E-state index contributed by atoms with van der Waals surface area (Å²) in [6, 6.07) is 12.9. The summed E-state index contributed by atoms with van der Waals surface area (Å²) < 4.78 is 0. The molecule has 0 bridgehead atoms. The summed E-state index contributed by atoms with van der Waals surface area (Å²) >= 11 is 0. The van der Waals surface area contributed by atoms with E-state index in [4.69, 9.17) is 0 Å². The highest BCUT2D eigenvalue weighted by Crippen LogP contribution is 2.20. The van der Waals surface area contributed by atoms with Crippen molar-refractivity contribution in [3.8, 4) is 0 Å². The zero-order chi connectivity index (χ0) is 17.1. The van der Waals surface area contributed by atoms with Crippen LogP contribution in [0.2, 0.25) is 0 Å². The number of benzene rings is 2. The highest BCUT2D eigenvalue weighted by atomic mass is 16.2. The number of rotatable bonds is 4. The molecular formula is C19H21N3O2. The first-order valence-corrected chi connectivity index (χ1v) is 8.08. The van der Waals surface area contributed by atoms with Gasteiger partial charge in [0.2, 0.25) is 0 Å². The molecule has 5 nitrogen and oxygen atoms in total. The van der Waals surface area contributed by atoms with Gasteiger partial charge in [-0.1, -0.05) is 18.2 Å². The SMILES string of the molecule is Cc1cccc(C(=O)Nc2cccc(NC(=O)NC3CC3)c2)c1C. The van der Waals surface area contributed by atoms with E-state index in [0.29, 0.717) is 23.0 Å². The summed E-state index contributed by atoms with van der Waals surface area (Å²) in [6.45, 7) is 3.92. The number of hydrogen-bond acceptors (Lipinski definition) is 2.